The number of nitrogens with one attached hydrogen (secondary N) is 2. The van der Waals surface area contributed by atoms with Crippen molar-refractivity contribution < 1.29 is 14.3 Å². The van der Waals surface area contributed by atoms with Crippen molar-refractivity contribution in [3.8, 4) is 11.5 Å². The van der Waals surface area contributed by atoms with Crippen molar-refractivity contribution in [2.45, 2.75) is 0 Å². The van der Waals surface area contributed by atoms with Gasteiger partial charge in [-0.25, -0.2) is 0 Å². The standard InChI is InChI=1S/C10H13N3O3S/c1-15-7-3-6(4-8(5-7)16-2)9(14)12-13-10(11)17/h3-5H,1-2H3,(H,12,14)(H3,11,13,17). The zero-order valence-electron chi connectivity index (χ0n) is 9.44. The maximum absolute atomic E-state index is 11.7. The summed E-state index contributed by atoms with van der Waals surface area (Å²) in [6, 6.07) is 4.80. The van der Waals surface area contributed by atoms with E-state index in [-0.39, 0.29) is 5.11 Å². The normalized spacial score (nSPS) is 9.29. The Labute approximate surface area is 104 Å². The van der Waals surface area contributed by atoms with E-state index in [9.17, 15) is 4.79 Å². The van der Waals surface area contributed by atoms with Crippen molar-refractivity contribution in [3.05, 3.63) is 23.8 Å². The molecule has 7 heteroatoms. The highest BCUT2D eigenvalue weighted by molar-refractivity contribution is 7.80. The molecule has 0 heterocycles. The molecule has 0 saturated carbocycles. The minimum atomic E-state index is -0.394. The third-order valence-electron chi connectivity index (χ3n) is 1.91. The summed E-state index contributed by atoms with van der Waals surface area (Å²) in [6.45, 7) is 0. The third kappa shape index (κ3) is 3.80. The van der Waals surface area contributed by atoms with Crippen LogP contribution in [0.5, 0.6) is 11.5 Å². The van der Waals surface area contributed by atoms with E-state index in [0.29, 0.717) is 17.1 Å². The largest absolute Gasteiger partial charge is 0.497 e. The van der Waals surface area contributed by atoms with Gasteiger partial charge < -0.3 is 15.2 Å². The van der Waals surface area contributed by atoms with Gasteiger partial charge in [-0.1, -0.05) is 0 Å². The number of methoxy groups -OCH3 is 2. The van der Waals surface area contributed by atoms with Crippen LogP contribution in [0.25, 0.3) is 0 Å². The molecule has 0 aromatic heterocycles. The zero-order valence-corrected chi connectivity index (χ0v) is 10.3. The van der Waals surface area contributed by atoms with Gasteiger partial charge in [0.2, 0.25) is 0 Å². The molecule has 0 saturated heterocycles. The molecule has 0 radical (unpaired) electrons. The number of amides is 1. The van der Waals surface area contributed by atoms with Crippen LogP contribution in [0.2, 0.25) is 0 Å². The number of carbonyl (C=O) groups is 1. The molecule has 0 aliphatic carbocycles. The average Bonchev–Trinajstić information content (AvgIpc) is 2.34. The van der Waals surface area contributed by atoms with E-state index >= 15 is 0 Å². The molecule has 0 unspecified atom stereocenters. The Balaban J connectivity index is 2.88. The van der Waals surface area contributed by atoms with Crippen LogP contribution >= 0.6 is 12.2 Å². The van der Waals surface area contributed by atoms with Crippen LogP contribution in [-0.2, 0) is 0 Å². The summed E-state index contributed by atoms with van der Waals surface area (Å²) < 4.78 is 10.1. The van der Waals surface area contributed by atoms with Crippen molar-refractivity contribution in [1.82, 2.24) is 10.9 Å². The number of thiocarbonyl (C=S) groups is 1. The molecule has 1 amide bonds. The van der Waals surface area contributed by atoms with Gasteiger partial charge in [0, 0.05) is 11.6 Å². The summed E-state index contributed by atoms with van der Waals surface area (Å²) in [6.07, 6.45) is 0. The monoisotopic (exact) mass is 255 g/mol. The van der Waals surface area contributed by atoms with Crippen LogP contribution in [0, 0.1) is 0 Å². The molecular weight excluding hydrogens is 242 g/mol. The van der Waals surface area contributed by atoms with Crippen LogP contribution < -0.4 is 26.1 Å². The van der Waals surface area contributed by atoms with Gasteiger partial charge in [0.05, 0.1) is 14.2 Å². The third-order valence-corrected chi connectivity index (χ3v) is 2.01. The molecule has 92 valence electrons. The number of carbonyl (C=O) groups excluding carboxylic acids is 1. The van der Waals surface area contributed by atoms with E-state index in [1.54, 1.807) is 18.2 Å². The molecule has 0 aliphatic heterocycles. The lowest BCUT2D eigenvalue weighted by atomic mass is 10.2. The average molecular weight is 255 g/mol. The van der Waals surface area contributed by atoms with Crippen LogP contribution in [0.4, 0.5) is 0 Å². The summed E-state index contributed by atoms with van der Waals surface area (Å²) in [4.78, 5) is 11.7. The molecule has 0 spiro atoms. The van der Waals surface area contributed by atoms with Crippen LogP contribution in [0.15, 0.2) is 18.2 Å². The SMILES string of the molecule is COc1cc(OC)cc(C(=O)NNC(N)=S)c1. The molecule has 1 aromatic rings. The lowest BCUT2D eigenvalue weighted by molar-refractivity contribution is 0.0943. The predicted molar refractivity (Wildman–Crippen MR) is 66.9 cm³/mol. The quantitative estimate of drug-likeness (QED) is 0.528. The number of hydrazine groups is 1. The second-order valence-corrected chi connectivity index (χ2v) is 3.48. The highest BCUT2D eigenvalue weighted by atomic mass is 32.1. The number of ether oxygens (including phenoxy) is 2. The molecule has 6 nitrogen and oxygen atoms in total. The van der Waals surface area contributed by atoms with Gasteiger partial charge in [0.25, 0.3) is 5.91 Å². The summed E-state index contributed by atoms with van der Waals surface area (Å²) in [7, 11) is 3.01. The minimum absolute atomic E-state index is 0.0202. The van der Waals surface area contributed by atoms with Gasteiger partial charge in [-0.05, 0) is 24.4 Å². The van der Waals surface area contributed by atoms with E-state index < -0.39 is 5.91 Å². The second-order valence-electron chi connectivity index (χ2n) is 3.04. The van der Waals surface area contributed by atoms with Crippen molar-refractivity contribution in [2.24, 2.45) is 5.73 Å². The highest BCUT2D eigenvalue weighted by Gasteiger charge is 2.09. The van der Waals surface area contributed by atoms with E-state index in [2.05, 4.69) is 23.1 Å². The molecule has 4 N–H and O–H groups in total. The number of hydrogen-bond donors (Lipinski definition) is 3. The first kappa shape index (κ1) is 13.0. The predicted octanol–water partition coefficient (Wildman–Crippen LogP) is 0.182. The summed E-state index contributed by atoms with van der Waals surface area (Å²) in [5, 5.41) is -0.0202. The summed E-state index contributed by atoms with van der Waals surface area (Å²) in [5.41, 5.74) is 10.2. The number of rotatable bonds is 3. The Morgan fingerprint density at radius 1 is 1.18 bits per heavy atom. The highest BCUT2D eigenvalue weighted by Crippen LogP contribution is 2.22. The summed E-state index contributed by atoms with van der Waals surface area (Å²) >= 11 is 4.56. The fraction of sp³-hybridized carbons (Fsp3) is 0.200. The molecule has 0 bridgehead atoms. The Kier molecular flexibility index (Phi) is 4.53. The van der Waals surface area contributed by atoms with E-state index in [0.717, 1.165) is 0 Å². The Morgan fingerprint density at radius 3 is 2.12 bits per heavy atom. The van der Waals surface area contributed by atoms with Crippen molar-refractivity contribution in [2.75, 3.05) is 14.2 Å². The van der Waals surface area contributed by atoms with Gasteiger partial charge in [0.1, 0.15) is 11.5 Å². The maximum Gasteiger partial charge on any atom is 0.269 e. The van der Waals surface area contributed by atoms with Crippen LogP contribution in [0.1, 0.15) is 10.4 Å². The molecule has 1 rings (SSSR count). The minimum Gasteiger partial charge on any atom is -0.497 e. The lowest BCUT2D eigenvalue weighted by Gasteiger charge is -2.09. The van der Waals surface area contributed by atoms with Crippen LogP contribution in [-0.4, -0.2) is 25.2 Å². The lowest BCUT2D eigenvalue weighted by Crippen LogP contribution is -2.44. The maximum atomic E-state index is 11.7. The second kappa shape index (κ2) is 5.90. The molecule has 0 atom stereocenters. The van der Waals surface area contributed by atoms with Crippen molar-refractivity contribution in [1.29, 1.82) is 0 Å². The van der Waals surface area contributed by atoms with Gasteiger partial charge in [-0.15, -0.1) is 0 Å². The van der Waals surface area contributed by atoms with Gasteiger partial charge in [-0.3, -0.25) is 15.6 Å². The van der Waals surface area contributed by atoms with E-state index in [4.69, 9.17) is 15.2 Å². The molecule has 0 aliphatic rings. The van der Waals surface area contributed by atoms with E-state index in [1.807, 2.05) is 0 Å². The zero-order chi connectivity index (χ0) is 12.8. The first-order valence-electron chi connectivity index (χ1n) is 4.65. The Hall–Kier alpha value is -2.02. The number of hydrogen-bond acceptors (Lipinski definition) is 4. The molecule has 0 fully saturated rings. The number of benzene rings is 1. The first-order chi connectivity index (χ1) is 8.06. The smallest absolute Gasteiger partial charge is 0.269 e. The number of nitrogens with two attached hydrogens (primary N) is 1. The van der Waals surface area contributed by atoms with Crippen molar-refractivity contribution >= 4 is 23.2 Å². The Bertz CT molecular complexity index is 415. The van der Waals surface area contributed by atoms with Crippen molar-refractivity contribution in [3.63, 3.8) is 0 Å². The van der Waals surface area contributed by atoms with Crippen LogP contribution in [0.3, 0.4) is 0 Å². The van der Waals surface area contributed by atoms with Gasteiger partial charge >= 0.3 is 0 Å². The van der Waals surface area contributed by atoms with E-state index in [1.165, 1.54) is 14.2 Å². The topological polar surface area (TPSA) is 85.6 Å². The summed E-state index contributed by atoms with van der Waals surface area (Å²) in [5.74, 6) is 0.643. The molecule has 17 heavy (non-hydrogen) atoms. The van der Waals surface area contributed by atoms with Gasteiger partial charge in [0.15, 0.2) is 5.11 Å². The fourth-order valence-corrected chi connectivity index (χ4v) is 1.18. The first-order valence-corrected chi connectivity index (χ1v) is 5.06. The fourth-order valence-electron chi connectivity index (χ4n) is 1.13. The Morgan fingerprint density at radius 2 is 1.71 bits per heavy atom. The van der Waals surface area contributed by atoms with Gasteiger partial charge in [-0.2, -0.15) is 0 Å². The molecular formula is C10H13N3O3S. The molecule has 1 aromatic carbocycles.